The molecule has 0 radical (unpaired) electrons. The van der Waals surface area contributed by atoms with E-state index in [0.717, 1.165) is 25.9 Å². The molecule has 1 aliphatic heterocycles. The molecule has 1 heterocycles. The molecule has 6 heteroatoms. The summed E-state index contributed by atoms with van der Waals surface area (Å²) in [4.78, 5) is 0. The minimum atomic E-state index is -0.439. The average molecular weight is 342 g/mol. The third-order valence-corrected chi connectivity index (χ3v) is 4.04. The lowest BCUT2D eigenvalue weighted by Gasteiger charge is -2.23. The Morgan fingerprint density at radius 3 is 2.90 bits per heavy atom. The van der Waals surface area contributed by atoms with Gasteiger partial charge in [-0.3, -0.25) is 0 Å². The smallest absolute Gasteiger partial charge is 0.161 e. The van der Waals surface area contributed by atoms with Crippen LogP contribution >= 0.6 is 15.9 Å². The molecule has 0 atom stereocenters. The van der Waals surface area contributed by atoms with Crippen molar-refractivity contribution in [2.24, 2.45) is 0 Å². The average Bonchev–Trinajstić information content (AvgIpc) is 2.49. The molecule has 1 aromatic rings. The van der Waals surface area contributed by atoms with Gasteiger partial charge in [-0.2, -0.15) is 5.26 Å². The van der Waals surface area contributed by atoms with Gasteiger partial charge in [0.2, 0.25) is 0 Å². The molecule has 0 amide bonds. The third-order valence-electron chi connectivity index (χ3n) is 3.26. The maximum atomic E-state index is 13.9. The van der Waals surface area contributed by atoms with Crippen LogP contribution in [0.4, 0.5) is 10.1 Å². The monoisotopic (exact) mass is 341 g/mol. The number of benzene rings is 1. The summed E-state index contributed by atoms with van der Waals surface area (Å²) in [6.07, 6.45) is 2.35. The summed E-state index contributed by atoms with van der Waals surface area (Å²) in [5, 5.41) is 15.1. The minimum absolute atomic E-state index is 0.198. The van der Waals surface area contributed by atoms with E-state index >= 15 is 0 Å². The van der Waals surface area contributed by atoms with E-state index in [4.69, 9.17) is 10.00 Å². The first-order chi connectivity index (χ1) is 9.72. The topological polar surface area (TPSA) is 57.1 Å². The molecule has 4 nitrogen and oxygen atoms in total. The maximum absolute atomic E-state index is 13.9. The fourth-order valence-corrected chi connectivity index (χ4v) is 2.58. The molecule has 1 aromatic carbocycles. The van der Waals surface area contributed by atoms with Crippen LogP contribution in [0.1, 0.15) is 18.4 Å². The van der Waals surface area contributed by atoms with Crippen LogP contribution in [0.15, 0.2) is 16.6 Å². The zero-order valence-corrected chi connectivity index (χ0v) is 12.7. The second-order valence-electron chi connectivity index (χ2n) is 4.65. The highest BCUT2D eigenvalue weighted by Gasteiger charge is 2.13. The van der Waals surface area contributed by atoms with Crippen LogP contribution in [-0.4, -0.2) is 32.3 Å². The SMILES string of the molecule is N#Cc1ccc(NCCOC2CCNCC2)c(F)c1Br. The van der Waals surface area contributed by atoms with Crippen molar-refractivity contribution in [1.29, 1.82) is 5.26 Å². The fraction of sp³-hybridized carbons (Fsp3) is 0.500. The molecule has 1 aliphatic rings. The van der Waals surface area contributed by atoms with Gasteiger partial charge in [0.15, 0.2) is 5.82 Å². The molecule has 0 unspecified atom stereocenters. The Kier molecular flexibility index (Phi) is 5.77. The van der Waals surface area contributed by atoms with Crippen molar-refractivity contribution in [3.05, 3.63) is 28.0 Å². The predicted molar refractivity (Wildman–Crippen MR) is 79.1 cm³/mol. The van der Waals surface area contributed by atoms with E-state index in [2.05, 4.69) is 26.6 Å². The fourth-order valence-electron chi connectivity index (χ4n) is 2.15. The third kappa shape index (κ3) is 3.92. The van der Waals surface area contributed by atoms with Crippen LogP contribution in [0.2, 0.25) is 0 Å². The van der Waals surface area contributed by atoms with Crippen LogP contribution in [0.25, 0.3) is 0 Å². The summed E-state index contributed by atoms with van der Waals surface area (Å²) in [5.41, 5.74) is 0.670. The van der Waals surface area contributed by atoms with E-state index in [-0.39, 0.29) is 4.47 Å². The molecule has 0 spiro atoms. The number of nitrogens with zero attached hydrogens (tertiary/aromatic N) is 1. The van der Waals surface area contributed by atoms with E-state index in [9.17, 15) is 4.39 Å². The Morgan fingerprint density at radius 2 is 2.20 bits per heavy atom. The number of nitrogens with one attached hydrogen (secondary N) is 2. The first kappa shape index (κ1) is 15.2. The summed E-state index contributed by atoms with van der Waals surface area (Å²) < 4.78 is 19.9. The molecule has 1 fully saturated rings. The number of piperidine rings is 1. The second-order valence-corrected chi connectivity index (χ2v) is 5.44. The van der Waals surface area contributed by atoms with Crippen molar-refractivity contribution in [1.82, 2.24) is 5.32 Å². The molecule has 20 heavy (non-hydrogen) atoms. The molecule has 1 saturated heterocycles. The van der Waals surface area contributed by atoms with Crippen molar-refractivity contribution < 1.29 is 9.13 Å². The molecule has 108 valence electrons. The van der Waals surface area contributed by atoms with Gasteiger partial charge >= 0.3 is 0 Å². The van der Waals surface area contributed by atoms with Crippen LogP contribution < -0.4 is 10.6 Å². The molecule has 2 N–H and O–H groups in total. The van der Waals surface area contributed by atoms with Crippen molar-refractivity contribution in [3.8, 4) is 6.07 Å². The highest BCUT2D eigenvalue weighted by atomic mass is 79.9. The summed E-state index contributed by atoms with van der Waals surface area (Å²) in [7, 11) is 0. The molecule has 0 saturated carbocycles. The molecule has 2 rings (SSSR count). The summed E-state index contributed by atoms with van der Waals surface area (Å²) in [6.45, 7) is 3.07. The van der Waals surface area contributed by atoms with Crippen LogP contribution in [-0.2, 0) is 4.74 Å². The lowest BCUT2D eigenvalue weighted by molar-refractivity contribution is 0.0394. The summed E-state index contributed by atoms with van der Waals surface area (Å²) in [5.74, 6) is -0.439. The molecule has 0 bridgehead atoms. The standard InChI is InChI=1S/C14H17BrFN3O/c15-13-10(9-17)1-2-12(14(13)16)19-7-8-20-11-3-5-18-6-4-11/h1-2,11,18-19H,3-8H2. The number of ether oxygens (including phenoxy) is 1. The summed E-state index contributed by atoms with van der Waals surface area (Å²) in [6, 6.07) is 5.09. The maximum Gasteiger partial charge on any atom is 0.161 e. The van der Waals surface area contributed by atoms with Crippen molar-refractivity contribution >= 4 is 21.6 Å². The highest BCUT2D eigenvalue weighted by Crippen LogP contribution is 2.26. The van der Waals surface area contributed by atoms with Crippen molar-refractivity contribution in [2.45, 2.75) is 18.9 Å². The van der Waals surface area contributed by atoms with Crippen LogP contribution in [0.3, 0.4) is 0 Å². The van der Waals surface area contributed by atoms with E-state index in [1.807, 2.05) is 6.07 Å². The van der Waals surface area contributed by atoms with Crippen molar-refractivity contribution in [2.75, 3.05) is 31.6 Å². The predicted octanol–water partition coefficient (Wildman–Crippen LogP) is 2.64. The lowest BCUT2D eigenvalue weighted by Crippen LogP contribution is -2.33. The zero-order valence-electron chi connectivity index (χ0n) is 11.1. The largest absolute Gasteiger partial charge is 0.380 e. The van der Waals surface area contributed by atoms with Gasteiger partial charge < -0.3 is 15.4 Å². The van der Waals surface area contributed by atoms with Gasteiger partial charge in [-0.15, -0.1) is 0 Å². The van der Waals surface area contributed by atoms with E-state index < -0.39 is 5.82 Å². The van der Waals surface area contributed by atoms with Crippen molar-refractivity contribution in [3.63, 3.8) is 0 Å². The normalized spacial score (nSPS) is 15.8. The van der Waals surface area contributed by atoms with E-state index in [0.29, 0.717) is 30.5 Å². The number of hydrogen-bond acceptors (Lipinski definition) is 4. The number of rotatable bonds is 5. The summed E-state index contributed by atoms with van der Waals surface area (Å²) >= 11 is 3.09. The Balaban J connectivity index is 1.79. The van der Waals surface area contributed by atoms with Gasteiger partial charge in [-0.1, -0.05) is 0 Å². The quantitative estimate of drug-likeness (QED) is 0.808. The number of anilines is 1. The second kappa shape index (κ2) is 7.58. The Morgan fingerprint density at radius 1 is 1.45 bits per heavy atom. The Bertz CT molecular complexity index is 498. The Hall–Kier alpha value is -1.16. The van der Waals surface area contributed by atoms with Crippen LogP contribution in [0.5, 0.6) is 0 Å². The van der Waals surface area contributed by atoms with Gasteiger partial charge in [0.1, 0.15) is 6.07 Å². The number of halogens is 2. The van der Waals surface area contributed by atoms with Gasteiger partial charge in [0, 0.05) is 6.54 Å². The highest BCUT2D eigenvalue weighted by molar-refractivity contribution is 9.10. The Labute approximate surface area is 126 Å². The lowest BCUT2D eigenvalue weighted by atomic mass is 10.1. The van der Waals surface area contributed by atoms with E-state index in [1.165, 1.54) is 0 Å². The zero-order chi connectivity index (χ0) is 14.4. The van der Waals surface area contributed by atoms with E-state index in [1.54, 1.807) is 12.1 Å². The molecule has 0 aromatic heterocycles. The number of hydrogen-bond donors (Lipinski definition) is 2. The molecular weight excluding hydrogens is 325 g/mol. The molecule has 0 aliphatic carbocycles. The molecular formula is C14H17BrFN3O. The van der Waals surface area contributed by atoms with Crippen LogP contribution in [0, 0.1) is 17.1 Å². The minimum Gasteiger partial charge on any atom is -0.380 e. The number of nitriles is 1. The van der Waals surface area contributed by atoms with Gasteiger partial charge in [-0.05, 0) is 54.0 Å². The van der Waals surface area contributed by atoms with Gasteiger partial charge in [-0.25, -0.2) is 4.39 Å². The first-order valence-electron chi connectivity index (χ1n) is 6.66. The van der Waals surface area contributed by atoms with Gasteiger partial charge in [0.25, 0.3) is 0 Å². The van der Waals surface area contributed by atoms with Gasteiger partial charge in [0.05, 0.1) is 28.4 Å². The first-order valence-corrected chi connectivity index (χ1v) is 7.46.